The predicted molar refractivity (Wildman–Crippen MR) is 244 cm³/mol. The Bertz CT molecular complexity index is 3110. The van der Waals surface area contributed by atoms with E-state index in [0.717, 1.165) is 5.69 Å². The molecule has 0 unspecified atom stereocenters. The van der Waals surface area contributed by atoms with Crippen LogP contribution in [0, 0.1) is 0 Å². The first-order chi connectivity index (χ1) is 28.3. The van der Waals surface area contributed by atoms with E-state index in [4.69, 9.17) is 0 Å². The van der Waals surface area contributed by atoms with Crippen LogP contribution in [0.5, 0.6) is 0 Å². The van der Waals surface area contributed by atoms with Gasteiger partial charge in [-0.05, 0) is 74.3 Å². The Kier molecular flexibility index (Phi) is 7.87. The summed E-state index contributed by atoms with van der Waals surface area (Å²) < 4.78 is 4.98. The van der Waals surface area contributed by atoms with Gasteiger partial charge in [0.2, 0.25) is 0 Å². The number of benzene rings is 9. The average molecular weight is 743 g/mol. The Morgan fingerprint density at radius 2 is 0.754 bits per heavy atom. The number of rotatable bonds is 7. The van der Waals surface area contributed by atoms with Crippen LogP contribution in [0.1, 0.15) is 0 Å². The van der Waals surface area contributed by atoms with Crippen LogP contribution in [0.4, 0.5) is 0 Å². The van der Waals surface area contributed by atoms with Crippen LogP contribution in [-0.4, -0.2) is 17.2 Å². The van der Waals surface area contributed by atoms with E-state index in [1.807, 2.05) is 0 Å². The summed E-state index contributed by atoms with van der Waals surface area (Å²) in [6, 6.07) is 85.3. The second-order valence-electron chi connectivity index (χ2n) is 14.8. The van der Waals surface area contributed by atoms with Crippen LogP contribution in [0.2, 0.25) is 0 Å². The summed E-state index contributed by atoms with van der Waals surface area (Å²) in [5, 5.41) is 10.4. The lowest BCUT2D eigenvalue weighted by molar-refractivity contribution is 1.17. The minimum atomic E-state index is -2.91. The molecule has 9 aromatic carbocycles. The Hall–Kier alpha value is -7.20. The summed E-state index contributed by atoms with van der Waals surface area (Å²) in [5.41, 5.74) is 9.56. The smallest absolute Gasteiger partial charge is 0.179 e. The Balaban J connectivity index is 1.34. The lowest BCUT2D eigenvalue weighted by Crippen LogP contribution is -2.74. The maximum atomic E-state index is 2.56. The normalized spacial score (nSPS) is 11.9. The van der Waals surface area contributed by atoms with Crippen molar-refractivity contribution in [2.45, 2.75) is 0 Å². The third-order valence-electron chi connectivity index (χ3n) is 11.8. The predicted octanol–water partition coefficient (Wildman–Crippen LogP) is 10.9. The van der Waals surface area contributed by atoms with Crippen molar-refractivity contribution < 1.29 is 0 Å². The van der Waals surface area contributed by atoms with Gasteiger partial charge in [-0.25, -0.2) is 0 Å². The zero-order chi connectivity index (χ0) is 37.8. The fourth-order valence-electron chi connectivity index (χ4n) is 9.52. The molecule has 0 aliphatic carbocycles. The molecule has 0 atom stereocenters. The van der Waals surface area contributed by atoms with Crippen molar-refractivity contribution in [3.8, 4) is 22.5 Å². The maximum Gasteiger partial charge on any atom is 0.179 e. The summed E-state index contributed by atoms with van der Waals surface area (Å²) in [6.07, 6.45) is 0. The van der Waals surface area contributed by atoms with Gasteiger partial charge in [0, 0.05) is 27.2 Å². The summed E-state index contributed by atoms with van der Waals surface area (Å²) in [5.74, 6) is 0. The Morgan fingerprint density at radius 1 is 0.298 bits per heavy atom. The minimum Gasteiger partial charge on any atom is -0.309 e. The molecule has 2 heterocycles. The van der Waals surface area contributed by atoms with Crippen molar-refractivity contribution in [3.63, 3.8) is 0 Å². The molecule has 11 aromatic rings. The van der Waals surface area contributed by atoms with Gasteiger partial charge >= 0.3 is 0 Å². The molecule has 0 aliphatic rings. The molecule has 0 N–H and O–H groups in total. The summed E-state index contributed by atoms with van der Waals surface area (Å²) >= 11 is 0. The number of nitrogens with zero attached hydrogens (tertiary/aromatic N) is 2. The van der Waals surface area contributed by atoms with Crippen LogP contribution in [0.3, 0.4) is 0 Å². The molecule has 11 rings (SSSR count). The molecule has 2 nitrogen and oxygen atoms in total. The van der Waals surface area contributed by atoms with E-state index in [1.165, 1.54) is 81.2 Å². The molecule has 3 heteroatoms. The standard InChI is InChI=1S/C54H38N2Si/c1-6-21-39(22-7-1)47-37-44(57(41-25-10-3-11-26-41,42-27-12-4-13-28-42)43-29-14-5-15-30-43)38-52-53(47)45-31-16-19-34-49(45)56(52)51-36-20-35-50-54(51)46-32-17-18-33-48(46)55(50)40-23-8-2-9-24-40/h1-38H. The van der Waals surface area contributed by atoms with E-state index in [9.17, 15) is 0 Å². The van der Waals surface area contributed by atoms with Crippen LogP contribution in [0.25, 0.3) is 66.1 Å². The highest BCUT2D eigenvalue weighted by Gasteiger charge is 2.42. The Morgan fingerprint density at radius 3 is 1.33 bits per heavy atom. The number of para-hydroxylation sites is 3. The van der Waals surface area contributed by atoms with Gasteiger partial charge in [-0.2, -0.15) is 0 Å². The van der Waals surface area contributed by atoms with Gasteiger partial charge in [0.25, 0.3) is 0 Å². The lowest BCUT2D eigenvalue weighted by Gasteiger charge is -2.35. The molecule has 0 saturated heterocycles. The fraction of sp³-hybridized carbons (Fsp3) is 0. The first kappa shape index (κ1) is 33.2. The molecule has 2 aromatic heterocycles. The minimum absolute atomic E-state index is 1.15. The van der Waals surface area contributed by atoms with Crippen molar-refractivity contribution >= 4 is 72.4 Å². The molecular weight excluding hydrogens is 705 g/mol. The highest BCUT2D eigenvalue weighted by molar-refractivity contribution is 7.20. The van der Waals surface area contributed by atoms with Crippen molar-refractivity contribution in [1.29, 1.82) is 0 Å². The molecule has 0 saturated carbocycles. The molecule has 57 heavy (non-hydrogen) atoms. The van der Waals surface area contributed by atoms with E-state index in [2.05, 4.69) is 240 Å². The maximum absolute atomic E-state index is 2.91. The first-order valence-corrected chi connectivity index (χ1v) is 21.7. The van der Waals surface area contributed by atoms with E-state index in [0.29, 0.717) is 0 Å². The summed E-state index contributed by atoms with van der Waals surface area (Å²) in [4.78, 5) is 0. The van der Waals surface area contributed by atoms with Gasteiger partial charge < -0.3 is 9.13 Å². The van der Waals surface area contributed by atoms with E-state index in [1.54, 1.807) is 0 Å². The third kappa shape index (κ3) is 5.10. The quantitative estimate of drug-likeness (QED) is 0.114. The SMILES string of the molecule is c1ccc(-c2cc([Si](c3ccccc3)(c3ccccc3)c3ccccc3)cc3c2c2ccccc2n3-c2cccc3c2c2ccccc2n3-c2ccccc2)cc1. The number of fused-ring (bicyclic) bond motifs is 6. The first-order valence-electron chi connectivity index (χ1n) is 19.7. The highest BCUT2D eigenvalue weighted by Crippen LogP contribution is 2.42. The molecule has 0 bridgehead atoms. The van der Waals surface area contributed by atoms with Crippen LogP contribution in [-0.2, 0) is 0 Å². The van der Waals surface area contributed by atoms with Gasteiger partial charge in [-0.15, -0.1) is 0 Å². The second-order valence-corrected chi connectivity index (χ2v) is 18.7. The largest absolute Gasteiger partial charge is 0.309 e. The van der Waals surface area contributed by atoms with Crippen LogP contribution >= 0.6 is 0 Å². The highest BCUT2D eigenvalue weighted by atomic mass is 28.3. The number of hydrogen-bond donors (Lipinski definition) is 0. The zero-order valence-electron chi connectivity index (χ0n) is 31.3. The van der Waals surface area contributed by atoms with Crippen LogP contribution < -0.4 is 20.7 Å². The molecule has 268 valence electrons. The van der Waals surface area contributed by atoms with Gasteiger partial charge in [0.1, 0.15) is 0 Å². The fourth-order valence-corrected chi connectivity index (χ4v) is 14.3. The summed E-state index contributed by atoms with van der Waals surface area (Å²) in [6.45, 7) is 0. The monoisotopic (exact) mass is 742 g/mol. The lowest BCUT2D eigenvalue weighted by atomic mass is 9.99. The molecule has 0 amide bonds. The molecule has 0 spiro atoms. The number of hydrogen-bond acceptors (Lipinski definition) is 0. The molecule has 0 fully saturated rings. The Labute approximate surface area is 333 Å². The number of aromatic nitrogens is 2. The van der Waals surface area contributed by atoms with Gasteiger partial charge in [-0.3, -0.25) is 0 Å². The van der Waals surface area contributed by atoms with E-state index < -0.39 is 8.07 Å². The van der Waals surface area contributed by atoms with Gasteiger partial charge in [-0.1, -0.05) is 188 Å². The third-order valence-corrected chi connectivity index (χ3v) is 16.6. The van der Waals surface area contributed by atoms with Crippen molar-refractivity contribution in [3.05, 3.63) is 231 Å². The summed E-state index contributed by atoms with van der Waals surface area (Å²) in [7, 11) is -2.91. The molecule has 0 radical (unpaired) electrons. The average Bonchev–Trinajstić information content (AvgIpc) is 3.81. The van der Waals surface area contributed by atoms with Gasteiger partial charge in [0.05, 0.1) is 27.8 Å². The van der Waals surface area contributed by atoms with Crippen LogP contribution in [0.15, 0.2) is 231 Å². The van der Waals surface area contributed by atoms with E-state index in [-0.39, 0.29) is 0 Å². The van der Waals surface area contributed by atoms with Gasteiger partial charge in [0.15, 0.2) is 8.07 Å². The molecule has 0 aliphatic heterocycles. The van der Waals surface area contributed by atoms with Crippen molar-refractivity contribution in [2.24, 2.45) is 0 Å². The van der Waals surface area contributed by atoms with Crippen molar-refractivity contribution in [2.75, 3.05) is 0 Å². The second kappa shape index (κ2) is 13.5. The topological polar surface area (TPSA) is 9.86 Å². The van der Waals surface area contributed by atoms with Crippen molar-refractivity contribution in [1.82, 2.24) is 9.13 Å². The molecular formula is C54H38N2Si. The van der Waals surface area contributed by atoms with E-state index >= 15 is 0 Å². The zero-order valence-corrected chi connectivity index (χ0v) is 32.3.